The van der Waals surface area contributed by atoms with E-state index in [1.165, 1.54) is 4.31 Å². The Morgan fingerprint density at radius 2 is 1.79 bits per heavy atom. The molecule has 1 aromatic carbocycles. The monoisotopic (exact) mass is 350 g/mol. The highest BCUT2D eigenvalue weighted by molar-refractivity contribution is 7.89. The van der Waals surface area contributed by atoms with Gasteiger partial charge in [-0.3, -0.25) is 9.78 Å². The highest BCUT2D eigenvalue weighted by Gasteiger charge is 2.30. The minimum absolute atomic E-state index is 0.273. The lowest BCUT2D eigenvalue weighted by Gasteiger charge is -2.35. The molecule has 8 nitrogen and oxygen atoms in total. The molecule has 3 rings (SSSR count). The smallest absolute Gasteiger partial charge is 0.325 e. The predicted octanol–water partition coefficient (Wildman–Crippen LogP) is -0.117. The summed E-state index contributed by atoms with van der Waals surface area (Å²) in [5.41, 5.74) is 0.555. The van der Waals surface area contributed by atoms with Gasteiger partial charge in [0.2, 0.25) is 10.0 Å². The number of aryl methyl sites for hydroxylation is 1. The summed E-state index contributed by atoms with van der Waals surface area (Å²) in [5, 5.41) is 0. The lowest BCUT2D eigenvalue weighted by molar-refractivity contribution is 0.384. The molecular weight excluding hydrogens is 332 g/mol. The lowest BCUT2D eigenvalue weighted by atomic mass is 10.2. The van der Waals surface area contributed by atoms with Gasteiger partial charge in [-0.1, -0.05) is 12.1 Å². The second-order valence-electron chi connectivity index (χ2n) is 5.67. The van der Waals surface area contributed by atoms with Crippen LogP contribution in [0.5, 0.6) is 0 Å². The summed E-state index contributed by atoms with van der Waals surface area (Å²) in [7, 11) is -3.93. The van der Waals surface area contributed by atoms with Gasteiger partial charge in [0.1, 0.15) is 0 Å². The number of rotatable bonds is 3. The van der Waals surface area contributed by atoms with Crippen molar-refractivity contribution in [1.29, 1.82) is 0 Å². The molecule has 128 valence electrons. The van der Waals surface area contributed by atoms with Crippen molar-refractivity contribution in [2.75, 3.05) is 31.1 Å². The molecular formula is C15H18N4O4S. The standard InChI is InChI=1S/C15H18N4O4S/c1-11-3-2-4-12(9-11)18-5-7-19(8-6-18)24(22,23)13-10-16-15(21)17-14(13)20/h2-4,9-10H,5-8H2,1H3,(H2,16,17,20,21). The van der Waals surface area contributed by atoms with Crippen molar-refractivity contribution in [2.24, 2.45) is 0 Å². The maximum Gasteiger partial charge on any atom is 0.325 e. The van der Waals surface area contributed by atoms with Crippen molar-refractivity contribution in [3.8, 4) is 0 Å². The van der Waals surface area contributed by atoms with E-state index in [9.17, 15) is 18.0 Å². The molecule has 2 heterocycles. The molecule has 9 heteroatoms. The van der Waals surface area contributed by atoms with Crippen LogP contribution < -0.4 is 16.1 Å². The van der Waals surface area contributed by atoms with Crippen molar-refractivity contribution >= 4 is 15.7 Å². The molecule has 2 N–H and O–H groups in total. The molecule has 24 heavy (non-hydrogen) atoms. The van der Waals surface area contributed by atoms with E-state index < -0.39 is 26.2 Å². The number of nitrogens with zero attached hydrogens (tertiary/aromatic N) is 2. The van der Waals surface area contributed by atoms with Crippen molar-refractivity contribution in [3.05, 3.63) is 56.9 Å². The van der Waals surface area contributed by atoms with Gasteiger partial charge in [-0.25, -0.2) is 13.2 Å². The Labute approximate surface area is 138 Å². The van der Waals surface area contributed by atoms with Crippen molar-refractivity contribution in [2.45, 2.75) is 11.8 Å². The summed E-state index contributed by atoms with van der Waals surface area (Å²) in [6, 6.07) is 8.01. The Morgan fingerprint density at radius 3 is 2.42 bits per heavy atom. The number of H-pyrrole nitrogens is 2. The molecule has 0 bridgehead atoms. The zero-order valence-electron chi connectivity index (χ0n) is 13.2. The molecule has 1 aliphatic heterocycles. The van der Waals surface area contributed by atoms with Gasteiger partial charge >= 0.3 is 5.69 Å². The summed E-state index contributed by atoms with van der Waals surface area (Å²) in [6.45, 7) is 3.62. The molecule has 0 amide bonds. The number of aromatic nitrogens is 2. The molecule has 2 aromatic rings. The number of nitrogens with one attached hydrogen (secondary N) is 2. The van der Waals surface area contributed by atoms with Crippen LogP contribution in [0.4, 0.5) is 5.69 Å². The fraction of sp³-hybridized carbons (Fsp3) is 0.333. The Hall–Kier alpha value is -2.39. The minimum Gasteiger partial charge on any atom is -0.369 e. The van der Waals surface area contributed by atoms with Crippen LogP contribution in [0, 0.1) is 6.92 Å². The van der Waals surface area contributed by atoms with Crippen LogP contribution in [0.2, 0.25) is 0 Å². The van der Waals surface area contributed by atoms with Crippen LogP contribution in [-0.2, 0) is 10.0 Å². The van der Waals surface area contributed by atoms with Crippen LogP contribution in [0.15, 0.2) is 44.9 Å². The second-order valence-corrected chi connectivity index (χ2v) is 7.57. The maximum absolute atomic E-state index is 12.6. The molecule has 0 radical (unpaired) electrons. The SMILES string of the molecule is Cc1cccc(N2CCN(S(=O)(=O)c3c[nH]c(=O)[nH]c3=O)CC2)c1. The van der Waals surface area contributed by atoms with Crippen molar-refractivity contribution < 1.29 is 8.42 Å². The topological polar surface area (TPSA) is 106 Å². The first kappa shape index (κ1) is 16.5. The summed E-state index contributed by atoms with van der Waals surface area (Å²) < 4.78 is 26.4. The van der Waals surface area contributed by atoms with Gasteiger partial charge in [0.25, 0.3) is 5.56 Å². The molecule has 1 aromatic heterocycles. The fourth-order valence-electron chi connectivity index (χ4n) is 2.74. The van der Waals surface area contributed by atoms with Gasteiger partial charge < -0.3 is 9.88 Å². The molecule has 0 spiro atoms. The van der Waals surface area contributed by atoms with E-state index in [-0.39, 0.29) is 13.1 Å². The van der Waals surface area contributed by atoms with E-state index in [0.29, 0.717) is 13.1 Å². The van der Waals surface area contributed by atoms with Crippen molar-refractivity contribution in [1.82, 2.24) is 14.3 Å². The summed E-state index contributed by atoms with van der Waals surface area (Å²) in [5.74, 6) is 0. The number of aromatic amines is 2. The molecule has 0 saturated carbocycles. The van der Waals surface area contributed by atoms with Gasteiger partial charge in [0.15, 0.2) is 4.90 Å². The number of hydrogen-bond acceptors (Lipinski definition) is 5. The largest absolute Gasteiger partial charge is 0.369 e. The highest BCUT2D eigenvalue weighted by Crippen LogP contribution is 2.20. The van der Waals surface area contributed by atoms with E-state index in [2.05, 4.69) is 16.0 Å². The van der Waals surface area contributed by atoms with E-state index >= 15 is 0 Å². The van der Waals surface area contributed by atoms with Gasteiger partial charge in [0, 0.05) is 38.1 Å². The fourth-order valence-corrected chi connectivity index (χ4v) is 4.15. The average molecular weight is 350 g/mol. The Bertz CT molecular complexity index is 956. The first-order valence-electron chi connectivity index (χ1n) is 7.52. The molecule has 0 unspecified atom stereocenters. The zero-order valence-corrected chi connectivity index (χ0v) is 14.0. The quantitative estimate of drug-likeness (QED) is 0.803. The molecule has 1 fully saturated rings. The molecule has 1 aliphatic rings. The van der Waals surface area contributed by atoms with Gasteiger partial charge in [-0.15, -0.1) is 0 Å². The van der Waals surface area contributed by atoms with Crippen LogP contribution in [0.25, 0.3) is 0 Å². The number of anilines is 1. The Kier molecular flexibility index (Phi) is 4.29. The van der Waals surface area contributed by atoms with Gasteiger partial charge in [-0.05, 0) is 24.6 Å². The zero-order chi connectivity index (χ0) is 17.3. The summed E-state index contributed by atoms with van der Waals surface area (Å²) in [6.07, 6.45) is 0.948. The van der Waals surface area contributed by atoms with E-state index in [1.807, 2.05) is 30.1 Å². The normalized spacial score (nSPS) is 16.3. The summed E-state index contributed by atoms with van der Waals surface area (Å²) >= 11 is 0. The third-order valence-corrected chi connectivity index (χ3v) is 5.91. The number of piperazine rings is 1. The predicted molar refractivity (Wildman–Crippen MR) is 89.8 cm³/mol. The maximum atomic E-state index is 12.6. The van der Waals surface area contributed by atoms with E-state index in [1.54, 1.807) is 0 Å². The number of benzene rings is 1. The van der Waals surface area contributed by atoms with E-state index in [0.717, 1.165) is 17.4 Å². The van der Waals surface area contributed by atoms with E-state index in [4.69, 9.17) is 0 Å². The number of sulfonamides is 1. The third kappa shape index (κ3) is 3.13. The summed E-state index contributed by atoms with van der Waals surface area (Å²) in [4.78, 5) is 28.6. The third-order valence-electron chi connectivity index (χ3n) is 4.01. The average Bonchev–Trinajstić information content (AvgIpc) is 2.54. The van der Waals surface area contributed by atoms with Crippen LogP contribution >= 0.6 is 0 Å². The Balaban J connectivity index is 1.78. The van der Waals surface area contributed by atoms with Crippen LogP contribution in [-0.4, -0.2) is 48.9 Å². The first-order chi connectivity index (χ1) is 11.4. The number of hydrogen-bond donors (Lipinski definition) is 2. The van der Waals surface area contributed by atoms with Crippen LogP contribution in [0.1, 0.15) is 5.56 Å². The Morgan fingerprint density at radius 1 is 1.08 bits per heavy atom. The second kappa shape index (κ2) is 6.25. The molecule has 1 saturated heterocycles. The highest BCUT2D eigenvalue weighted by atomic mass is 32.2. The minimum atomic E-state index is -3.93. The van der Waals surface area contributed by atoms with Crippen LogP contribution in [0.3, 0.4) is 0 Å². The lowest BCUT2D eigenvalue weighted by Crippen LogP contribution is -2.49. The van der Waals surface area contributed by atoms with Crippen molar-refractivity contribution in [3.63, 3.8) is 0 Å². The molecule has 0 atom stereocenters. The van der Waals surface area contributed by atoms with Gasteiger partial charge in [0.05, 0.1) is 0 Å². The first-order valence-corrected chi connectivity index (χ1v) is 8.96. The molecule has 0 aliphatic carbocycles. The van der Waals surface area contributed by atoms with Gasteiger partial charge in [-0.2, -0.15) is 4.31 Å².